The molecule has 16 heavy (non-hydrogen) atoms. The van der Waals surface area contributed by atoms with Gasteiger partial charge in [-0.2, -0.15) is 0 Å². The van der Waals surface area contributed by atoms with Gasteiger partial charge in [0.15, 0.2) is 6.29 Å². The van der Waals surface area contributed by atoms with Crippen molar-refractivity contribution in [3.63, 3.8) is 0 Å². The van der Waals surface area contributed by atoms with E-state index in [2.05, 4.69) is 24.7 Å². The van der Waals surface area contributed by atoms with E-state index in [0.717, 1.165) is 6.42 Å². The van der Waals surface area contributed by atoms with Crippen molar-refractivity contribution in [1.82, 2.24) is 10.9 Å². The molecule has 1 aliphatic rings. The maximum atomic E-state index is 9.11. The number of hydrazine groups is 1. The van der Waals surface area contributed by atoms with Crippen LogP contribution in [0.2, 0.25) is 0 Å². The van der Waals surface area contributed by atoms with Gasteiger partial charge in [0.1, 0.15) is 0 Å². The van der Waals surface area contributed by atoms with Gasteiger partial charge in [0.05, 0.1) is 6.04 Å². The second kappa shape index (κ2) is 7.22. The predicted molar refractivity (Wildman–Crippen MR) is 64.6 cm³/mol. The van der Waals surface area contributed by atoms with E-state index >= 15 is 0 Å². The zero-order valence-corrected chi connectivity index (χ0v) is 10.4. The van der Waals surface area contributed by atoms with Gasteiger partial charge in [-0.15, -0.1) is 0 Å². The Bertz CT molecular complexity index is 188. The first-order valence-electron chi connectivity index (χ1n) is 6.56. The van der Waals surface area contributed by atoms with Crippen LogP contribution in [-0.2, 0) is 0 Å². The van der Waals surface area contributed by atoms with Crippen molar-refractivity contribution in [1.29, 1.82) is 0 Å². The maximum Gasteiger partial charge on any atom is 0.168 e. The average Bonchev–Trinajstić information content (AvgIpc) is 2.73. The van der Waals surface area contributed by atoms with E-state index in [-0.39, 0.29) is 6.04 Å². The highest BCUT2D eigenvalue weighted by atomic mass is 16.5. The topological polar surface area (TPSA) is 64.5 Å². The molecule has 0 radical (unpaired) electrons. The number of aliphatic hydroxyl groups excluding tert-OH is 1. The highest BCUT2D eigenvalue weighted by Gasteiger charge is 2.32. The van der Waals surface area contributed by atoms with Crippen molar-refractivity contribution in [2.45, 2.75) is 70.7 Å². The van der Waals surface area contributed by atoms with Crippen LogP contribution in [-0.4, -0.2) is 28.6 Å². The molecule has 1 heterocycles. The van der Waals surface area contributed by atoms with E-state index in [1.807, 2.05) is 0 Å². The standard InChI is InChI=1S/C12H26N2O2/c1-3-5-7-9(6-4-2)10-8-11(12(15)16)14-13-10/h9-16H,3-8H2,1-2H3. The molecule has 0 spiro atoms. The Morgan fingerprint density at radius 2 is 1.75 bits per heavy atom. The largest absolute Gasteiger partial charge is 0.367 e. The summed E-state index contributed by atoms with van der Waals surface area (Å²) in [5, 5.41) is 18.2. The highest BCUT2D eigenvalue weighted by Crippen LogP contribution is 2.24. The summed E-state index contributed by atoms with van der Waals surface area (Å²) in [5.41, 5.74) is 6.18. The summed E-state index contributed by atoms with van der Waals surface area (Å²) in [5.74, 6) is 0.654. The number of unbranched alkanes of at least 4 members (excludes halogenated alkanes) is 1. The molecule has 0 amide bonds. The van der Waals surface area contributed by atoms with Gasteiger partial charge in [-0.05, 0) is 25.2 Å². The van der Waals surface area contributed by atoms with Crippen molar-refractivity contribution in [3.05, 3.63) is 0 Å². The summed E-state index contributed by atoms with van der Waals surface area (Å²) in [4.78, 5) is 0. The van der Waals surface area contributed by atoms with Gasteiger partial charge in [0.2, 0.25) is 0 Å². The normalized spacial score (nSPS) is 27.6. The van der Waals surface area contributed by atoms with Crippen LogP contribution in [0.4, 0.5) is 0 Å². The number of nitrogens with one attached hydrogen (secondary N) is 2. The molecule has 4 heteroatoms. The minimum atomic E-state index is -1.26. The van der Waals surface area contributed by atoms with E-state index in [0.29, 0.717) is 12.0 Å². The zero-order chi connectivity index (χ0) is 12.0. The van der Waals surface area contributed by atoms with Crippen LogP contribution in [0.15, 0.2) is 0 Å². The van der Waals surface area contributed by atoms with Gasteiger partial charge >= 0.3 is 0 Å². The van der Waals surface area contributed by atoms with Crippen LogP contribution < -0.4 is 10.9 Å². The molecule has 3 unspecified atom stereocenters. The first kappa shape index (κ1) is 13.9. The fourth-order valence-electron chi connectivity index (χ4n) is 2.50. The Hall–Kier alpha value is -0.160. The molecule has 3 atom stereocenters. The van der Waals surface area contributed by atoms with Gasteiger partial charge < -0.3 is 10.2 Å². The first-order chi connectivity index (χ1) is 7.69. The van der Waals surface area contributed by atoms with Crippen LogP contribution >= 0.6 is 0 Å². The molecule has 1 saturated heterocycles. The summed E-state index contributed by atoms with van der Waals surface area (Å²) in [6.45, 7) is 4.42. The number of aliphatic hydroxyl groups is 2. The lowest BCUT2D eigenvalue weighted by atomic mass is 9.87. The van der Waals surface area contributed by atoms with Crippen LogP contribution in [0.25, 0.3) is 0 Å². The van der Waals surface area contributed by atoms with Crippen molar-refractivity contribution in [2.24, 2.45) is 5.92 Å². The quantitative estimate of drug-likeness (QED) is 0.495. The minimum Gasteiger partial charge on any atom is -0.367 e. The third-order valence-corrected chi connectivity index (χ3v) is 3.48. The fourth-order valence-corrected chi connectivity index (χ4v) is 2.50. The van der Waals surface area contributed by atoms with Gasteiger partial charge in [0, 0.05) is 6.04 Å². The van der Waals surface area contributed by atoms with E-state index in [1.54, 1.807) is 0 Å². The van der Waals surface area contributed by atoms with E-state index < -0.39 is 6.29 Å². The second-order valence-corrected chi connectivity index (χ2v) is 4.84. The van der Waals surface area contributed by atoms with Crippen molar-refractivity contribution in [2.75, 3.05) is 0 Å². The summed E-state index contributed by atoms with van der Waals surface area (Å²) in [6.07, 6.45) is 5.68. The molecule has 96 valence electrons. The molecule has 0 aromatic carbocycles. The van der Waals surface area contributed by atoms with Crippen molar-refractivity contribution < 1.29 is 10.2 Å². The van der Waals surface area contributed by atoms with Crippen LogP contribution in [0.1, 0.15) is 52.4 Å². The van der Waals surface area contributed by atoms with Gasteiger partial charge in [0.25, 0.3) is 0 Å². The molecule has 0 aromatic rings. The molecule has 1 aliphatic heterocycles. The third kappa shape index (κ3) is 4.01. The van der Waals surface area contributed by atoms with Crippen molar-refractivity contribution in [3.8, 4) is 0 Å². The van der Waals surface area contributed by atoms with Crippen LogP contribution in [0.5, 0.6) is 0 Å². The minimum absolute atomic E-state index is 0.217. The number of rotatable bonds is 7. The van der Waals surface area contributed by atoms with Crippen LogP contribution in [0.3, 0.4) is 0 Å². The molecular weight excluding hydrogens is 204 g/mol. The zero-order valence-electron chi connectivity index (χ0n) is 10.4. The Morgan fingerprint density at radius 3 is 2.25 bits per heavy atom. The molecule has 0 bridgehead atoms. The summed E-state index contributed by atoms with van der Waals surface area (Å²) < 4.78 is 0. The average molecular weight is 230 g/mol. The Morgan fingerprint density at radius 1 is 1.06 bits per heavy atom. The summed E-state index contributed by atoms with van der Waals surface area (Å²) in [7, 11) is 0. The smallest absolute Gasteiger partial charge is 0.168 e. The molecule has 0 saturated carbocycles. The molecule has 4 nitrogen and oxygen atoms in total. The first-order valence-corrected chi connectivity index (χ1v) is 6.56. The van der Waals surface area contributed by atoms with E-state index in [9.17, 15) is 0 Å². The lowest BCUT2D eigenvalue weighted by Crippen LogP contribution is -2.40. The SMILES string of the molecule is CCCCC(CCC)C1CC(C(O)O)NN1. The van der Waals surface area contributed by atoms with Gasteiger partial charge in [-0.25, -0.2) is 5.43 Å². The maximum absolute atomic E-state index is 9.11. The molecule has 1 fully saturated rings. The molecule has 0 aliphatic carbocycles. The number of hydrogen-bond acceptors (Lipinski definition) is 4. The second-order valence-electron chi connectivity index (χ2n) is 4.84. The van der Waals surface area contributed by atoms with Gasteiger partial charge in [-0.1, -0.05) is 33.1 Å². The molecule has 0 aromatic heterocycles. The van der Waals surface area contributed by atoms with Crippen LogP contribution in [0, 0.1) is 5.92 Å². The molecule has 1 rings (SSSR count). The molecule has 4 N–H and O–H groups in total. The summed E-state index contributed by atoms with van der Waals surface area (Å²) in [6, 6.07) is 0.171. The van der Waals surface area contributed by atoms with E-state index in [4.69, 9.17) is 10.2 Å². The third-order valence-electron chi connectivity index (χ3n) is 3.48. The lowest BCUT2D eigenvalue weighted by Gasteiger charge is -2.22. The fraction of sp³-hybridized carbons (Fsp3) is 1.00. The Balaban J connectivity index is 2.40. The van der Waals surface area contributed by atoms with E-state index in [1.165, 1.54) is 32.1 Å². The molecular formula is C12H26N2O2. The Labute approximate surface area is 98.4 Å². The Kier molecular flexibility index (Phi) is 6.28. The number of hydrogen-bond donors (Lipinski definition) is 4. The lowest BCUT2D eigenvalue weighted by molar-refractivity contribution is -0.0639. The summed E-state index contributed by atoms with van der Waals surface area (Å²) >= 11 is 0. The van der Waals surface area contributed by atoms with Crippen molar-refractivity contribution >= 4 is 0 Å². The monoisotopic (exact) mass is 230 g/mol. The highest BCUT2D eigenvalue weighted by molar-refractivity contribution is 4.87. The predicted octanol–water partition coefficient (Wildman–Crippen LogP) is 1.14. The van der Waals surface area contributed by atoms with Gasteiger partial charge in [-0.3, -0.25) is 5.43 Å².